The van der Waals surface area contributed by atoms with Crippen molar-refractivity contribution >= 4 is 22.4 Å². The van der Waals surface area contributed by atoms with Gasteiger partial charge in [0.1, 0.15) is 0 Å². The van der Waals surface area contributed by atoms with Crippen LogP contribution in [-0.2, 0) is 4.79 Å². The molecule has 0 unspecified atom stereocenters. The summed E-state index contributed by atoms with van der Waals surface area (Å²) in [7, 11) is 3.23. The highest BCUT2D eigenvalue weighted by Crippen LogP contribution is 2.70. The summed E-state index contributed by atoms with van der Waals surface area (Å²) in [6.45, 7) is 0. The van der Waals surface area contributed by atoms with Gasteiger partial charge < -0.3 is 14.8 Å². The summed E-state index contributed by atoms with van der Waals surface area (Å²) in [4.78, 5) is 17.4. The SMILES string of the molecule is COc1ccc(-c2csc(NC(=O)[C@@H]3C[C@H]4C=C[C@H]3C43CC3)n2)cc1OC. The first-order chi connectivity index (χ1) is 13.1. The average Bonchev–Trinajstić information content (AvgIpc) is 3.12. The van der Waals surface area contributed by atoms with E-state index in [-0.39, 0.29) is 11.8 Å². The number of carbonyl (C=O) groups excluding carboxylic acids is 1. The predicted molar refractivity (Wildman–Crippen MR) is 105 cm³/mol. The van der Waals surface area contributed by atoms with Crippen LogP contribution in [0.15, 0.2) is 35.7 Å². The molecule has 6 heteroatoms. The van der Waals surface area contributed by atoms with E-state index < -0.39 is 0 Å². The quantitative estimate of drug-likeness (QED) is 0.780. The van der Waals surface area contributed by atoms with E-state index in [0.29, 0.717) is 33.9 Å². The molecule has 1 spiro atoms. The molecular formula is C21H22N2O3S. The Morgan fingerprint density at radius 1 is 1.22 bits per heavy atom. The second kappa shape index (κ2) is 6.09. The first-order valence-corrected chi connectivity index (χ1v) is 10.2. The number of methoxy groups -OCH3 is 2. The topological polar surface area (TPSA) is 60.5 Å². The highest BCUT2D eigenvalue weighted by molar-refractivity contribution is 7.14. The minimum absolute atomic E-state index is 0.0935. The van der Waals surface area contributed by atoms with E-state index in [4.69, 9.17) is 9.47 Å². The number of amides is 1. The molecule has 2 bridgehead atoms. The van der Waals surface area contributed by atoms with Gasteiger partial charge in [0, 0.05) is 16.9 Å². The van der Waals surface area contributed by atoms with Crippen LogP contribution in [0.25, 0.3) is 11.3 Å². The van der Waals surface area contributed by atoms with Crippen molar-refractivity contribution in [3.63, 3.8) is 0 Å². The van der Waals surface area contributed by atoms with Crippen LogP contribution < -0.4 is 14.8 Å². The largest absolute Gasteiger partial charge is 0.493 e. The molecular weight excluding hydrogens is 360 g/mol. The van der Waals surface area contributed by atoms with Crippen LogP contribution in [0.3, 0.4) is 0 Å². The van der Waals surface area contributed by atoms with Gasteiger partial charge in [0.15, 0.2) is 16.6 Å². The van der Waals surface area contributed by atoms with E-state index in [9.17, 15) is 4.79 Å². The van der Waals surface area contributed by atoms with Gasteiger partial charge in [-0.05, 0) is 54.7 Å². The van der Waals surface area contributed by atoms with Crippen molar-refractivity contribution in [3.05, 3.63) is 35.7 Å². The highest BCUT2D eigenvalue weighted by atomic mass is 32.1. The van der Waals surface area contributed by atoms with Crippen LogP contribution in [0, 0.1) is 23.2 Å². The number of nitrogens with zero attached hydrogens (tertiary/aromatic N) is 1. The van der Waals surface area contributed by atoms with Crippen molar-refractivity contribution in [1.82, 2.24) is 4.98 Å². The Morgan fingerprint density at radius 2 is 2.04 bits per heavy atom. The smallest absolute Gasteiger partial charge is 0.229 e. The molecule has 2 aromatic rings. The summed E-state index contributed by atoms with van der Waals surface area (Å²) < 4.78 is 10.6. The summed E-state index contributed by atoms with van der Waals surface area (Å²) in [6.07, 6.45) is 8.16. The van der Waals surface area contributed by atoms with Crippen molar-refractivity contribution in [2.75, 3.05) is 19.5 Å². The molecule has 140 valence electrons. The zero-order valence-electron chi connectivity index (χ0n) is 15.4. The second-order valence-electron chi connectivity index (χ2n) is 7.69. The van der Waals surface area contributed by atoms with Crippen LogP contribution >= 0.6 is 11.3 Å². The standard InChI is InChI=1S/C21H22N2O3S/c1-25-17-6-3-12(9-18(17)26-2)16-11-27-20(22-16)23-19(24)14-10-13-4-5-15(14)21(13)7-8-21/h3-6,9,11,13-15H,7-8,10H2,1-2H3,(H,22,23,24)/t13-,14-,15-/m1/s1. The number of allylic oxidation sites excluding steroid dienone is 2. The Labute approximate surface area is 162 Å². The maximum absolute atomic E-state index is 12.8. The molecule has 5 rings (SSSR count). The van der Waals surface area contributed by atoms with E-state index in [2.05, 4.69) is 22.5 Å². The van der Waals surface area contributed by atoms with Gasteiger partial charge in [-0.2, -0.15) is 0 Å². The number of benzene rings is 1. The molecule has 2 fully saturated rings. The number of carbonyl (C=O) groups is 1. The van der Waals surface area contributed by atoms with Gasteiger partial charge in [0.25, 0.3) is 0 Å². The van der Waals surface area contributed by atoms with Crippen molar-refractivity contribution in [3.8, 4) is 22.8 Å². The number of hydrogen-bond acceptors (Lipinski definition) is 5. The molecule has 3 atom stereocenters. The van der Waals surface area contributed by atoms with Crippen molar-refractivity contribution in [1.29, 1.82) is 0 Å². The van der Waals surface area contributed by atoms with Crippen molar-refractivity contribution in [2.45, 2.75) is 19.3 Å². The summed E-state index contributed by atoms with van der Waals surface area (Å²) in [5.41, 5.74) is 2.18. The Bertz CT molecular complexity index is 931. The lowest BCUT2D eigenvalue weighted by molar-refractivity contribution is -0.120. The zero-order valence-corrected chi connectivity index (χ0v) is 16.2. The molecule has 1 aromatic heterocycles. The molecule has 3 aliphatic rings. The molecule has 3 aliphatic carbocycles. The summed E-state index contributed by atoms with van der Waals surface area (Å²) >= 11 is 1.46. The Kier molecular flexibility index (Phi) is 3.79. The van der Waals surface area contributed by atoms with Gasteiger partial charge in [0.2, 0.25) is 5.91 Å². The fraction of sp³-hybridized carbons (Fsp3) is 0.429. The normalized spacial score (nSPS) is 26.4. The maximum Gasteiger partial charge on any atom is 0.229 e. The fourth-order valence-corrected chi connectivity index (χ4v) is 5.65. The number of thiazole rings is 1. The number of hydrogen-bond donors (Lipinski definition) is 1. The van der Waals surface area contributed by atoms with E-state index in [0.717, 1.165) is 17.7 Å². The molecule has 1 aromatic carbocycles. The highest BCUT2D eigenvalue weighted by Gasteiger charge is 2.64. The zero-order chi connectivity index (χ0) is 18.6. The summed E-state index contributed by atoms with van der Waals surface area (Å²) in [5, 5.41) is 5.67. The van der Waals surface area contributed by atoms with Crippen LogP contribution in [-0.4, -0.2) is 25.1 Å². The van der Waals surface area contributed by atoms with Gasteiger partial charge in [-0.15, -0.1) is 11.3 Å². The van der Waals surface area contributed by atoms with Crippen LogP contribution in [0.4, 0.5) is 5.13 Å². The predicted octanol–water partition coefficient (Wildman–Crippen LogP) is 4.37. The first-order valence-electron chi connectivity index (χ1n) is 9.32. The second-order valence-corrected chi connectivity index (χ2v) is 8.55. The monoisotopic (exact) mass is 382 g/mol. The molecule has 1 N–H and O–H groups in total. The maximum atomic E-state index is 12.8. The Morgan fingerprint density at radius 3 is 2.74 bits per heavy atom. The van der Waals surface area contributed by atoms with Gasteiger partial charge in [-0.1, -0.05) is 12.2 Å². The minimum Gasteiger partial charge on any atom is -0.493 e. The molecule has 27 heavy (non-hydrogen) atoms. The molecule has 5 nitrogen and oxygen atoms in total. The molecule has 0 saturated heterocycles. The van der Waals surface area contributed by atoms with Gasteiger partial charge in [0.05, 0.1) is 19.9 Å². The van der Waals surface area contributed by atoms with E-state index >= 15 is 0 Å². The van der Waals surface area contributed by atoms with Gasteiger partial charge in [-0.25, -0.2) is 4.98 Å². The number of anilines is 1. The number of nitrogens with one attached hydrogen (secondary N) is 1. The van der Waals surface area contributed by atoms with Gasteiger partial charge in [-0.3, -0.25) is 4.79 Å². The first kappa shape index (κ1) is 16.8. The molecule has 0 aliphatic heterocycles. The third-order valence-corrected chi connectivity index (χ3v) is 7.23. The Hall–Kier alpha value is -2.34. The Balaban J connectivity index is 1.31. The fourth-order valence-electron chi connectivity index (χ4n) is 4.93. The number of aromatic nitrogens is 1. The average molecular weight is 382 g/mol. The van der Waals surface area contributed by atoms with Crippen molar-refractivity contribution < 1.29 is 14.3 Å². The number of ether oxygens (including phenoxy) is 2. The van der Waals surface area contributed by atoms with Gasteiger partial charge >= 0.3 is 0 Å². The third-order valence-electron chi connectivity index (χ3n) is 6.47. The van der Waals surface area contributed by atoms with E-state index in [1.807, 2.05) is 23.6 Å². The van der Waals surface area contributed by atoms with Crippen molar-refractivity contribution in [2.24, 2.45) is 23.2 Å². The van der Waals surface area contributed by atoms with Crippen LogP contribution in [0.5, 0.6) is 11.5 Å². The molecule has 0 radical (unpaired) electrons. The summed E-state index contributed by atoms with van der Waals surface area (Å²) in [5.74, 6) is 2.59. The van der Waals surface area contributed by atoms with Crippen LogP contribution in [0.2, 0.25) is 0 Å². The number of rotatable bonds is 5. The molecule has 1 amide bonds. The minimum atomic E-state index is 0.0935. The lowest BCUT2D eigenvalue weighted by Gasteiger charge is -2.18. The van der Waals surface area contributed by atoms with E-state index in [1.54, 1.807) is 14.2 Å². The van der Waals surface area contributed by atoms with Crippen LogP contribution in [0.1, 0.15) is 19.3 Å². The molecule has 1 heterocycles. The molecule has 2 saturated carbocycles. The van der Waals surface area contributed by atoms with E-state index in [1.165, 1.54) is 24.2 Å². The lowest BCUT2D eigenvalue weighted by Crippen LogP contribution is -2.27. The third kappa shape index (κ3) is 2.57. The summed E-state index contributed by atoms with van der Waals surface area (Å²) in [6, 6.07) is 5.71. The lowest BCUT2D eigenvalue weighted by atomic mass is 9.88.